The first-order valence-electron chi connectivity index (χ1n) is 5.52. The van der Waals surface area contributed by atoms with E-state index in [1.54, 1.807) is 0 Å². The van der Waals surface area contributed by atoms with Gasteiger partial charge in [-0.15, -0.1) is 0 Å². The smallest absolute Gasteiger partial charge is 0.341 e. The number of nitrogens with zero attached hydrogens (tertiary/aromatic N) is 1. The Morgan fingerprint density at radius 2 is 2.25 bits per heavy atom. The van der Waals surface area contributed by atoms with E-state index in [0.29, 0.717) is 0 Å². The van der Waals surface area contributed by atoms with Gasteiger partial charge in [-0.25, -0.2) is 4.79 Å². The molecule has 0 bridgehead atoms. The molecular weight excluding hydrogens is 206 g/mol. The summed E-state index contributed by atoms with van der Waals surface area (Å²) < 4.78 is 1.86. The molecule has 0 aliphatic heterocycles. The first-order valence-corrected chi connectivity index (χ1v) is 5.52. The molecule has 1 aliphatic carbocycles. The average molecular weight is 221 g/mol. The highest BCUT2D eigenvalue weighted by molar-refractivity contribution is 5.87. The van der Waals surface area contributed by atoms with Crippen molar-refractivity contribution in [2.45, 2.75) is 32.7 Å². The Kier molecular flexibility index (Phi) is 2.81. The van der Waals surface area contributed by atoms with Crippen LogP contribution in [-0.4, -0.2) is 15.6 Å². The second-order valence-corrected chi connectivity index (χ2v) is 4.42. The van der Waals surface area contributed by atoms with Crippen LogP contribution < -0.4 is 5.43 Å². The summed E-state index contributed by atoms with van der Waals surface area (Å²) in [4.78, 5) is 22.2. The van der Waals surface area contributed by atoms with Crippen LogP contribution >= 0.6 is 0 Å². The lowest BCUT2D eigenvalue weighted by molar-refractivity contribution is 0.0694. The van der Waals surface area contributed by atoms with Crippen LogP contribution in [0, 0.1) is 12.8 Å². The molecule has 1 fully saturated rings. The minimum atomic E-state index is -1.15. The van der Waals surface area contributed by atoms with Crippen molar-refractivity contribution in [3.63, 3.8) is 0 Å². The number of pyridine rings is 1. The topological polar surface area (TPSA) is 59.3 Å². The number of carbonyl (C=O) groups is 1. The molecule has 1 heterocycles. The maximum absolute atomic E-state index is 11.4. The van der Waals surface area contributed by atoms with E-state index in [9.17, 15) is 9.59 Å². The Morgan fingerprint density at radius 1 is 1.56 bits per heavy atom. The molecule has 0 spiro atoms. The van der Waals surface area contributed by atoms with Crippen molar-refractivity contribution in [1.29, 1.82) is 0 Å². The summed E-state index contributed by atoms with van der Waals surface area (Å²) >= 11 is 0. The molecule has 1 saturated carbocycles. The summed E-state index contributed by atoms with van der Waals surface area (Å²) in [6.45, 7) is 2.64. The highest BCUT2D eigenvalue weighted by Gasteiger charge is 2.21. The SMILES string of the molecule is Cc1cc(=O)c(C(=O)O)cn1CCC1CC1. The standard InChI is InChI=1S/C12H15NO3/c1-8-6-11(14)10(12(15)16)7-13(8)5-4-9-2-3-9/h6-7,9H,2-5H2,1H3,(H,15,16). The monoisotopic (exact) mass is 221 g/mol. The quantitative estimate of drug-likeness (QED) is 0.841. The number of aromatic nitrogens is 1. The van der Waals surface area contributed by atoms with Gasteiger partial charge >= 0.3 is 5.97 Å². The highest BCUT2D eigenvalue weighted by atomic mass is 16.4. The third-order valence-corrected chi connectivity index (χ3v) is 3.05. The van der Waals surface area contributed by atoms with E-state index in [1.807, 2.05) is 11.5 Å². The van der Waals surface area contributed by atoms with Gasteiger partial charge < -0.3 is 9.67 Å². The van der Waals surface area contributed by atoms with Gasteiger partial charge in [-0.1, -0.05) is 12.8 Å². The Labute approximate surface area is 93.5 Å². The van der Waals surface area contributed by atoms with Gasteiger partial charge in [0.05, 0.1) is 0 Å². The zero-order valence-electron chi connectivity index (χ0n) is 9.27. The van der Waals surface area contributed by atoms with Crippen LogP contribution in [0.3, 0.4) is 0 Å². The molecule has 1 aromatic rings. The Morgan fingerprint density at radius 3 is 2.81 bits per heavy atom. The first-order chi connectivity index (χ1) is 7.58. The van der Waals surface area contributed by atoms with E-state index in [2.05, 4.69) is 0 Å². The van der Waals surface area contributed by atoms with Gasteiger partial charge in [-0.3, -0.25) is 4.79 Å². The molecule has 0 aromatic carbocycles. The summed E-state index contributed by atoms with van der Waals surface area (Å²) in [6.07, 6.45) is 5.10. The van der Waals surface area contributed by atoms with Crippen molar-refractivity contribution < 1.29 is 9.90 Å². The van der Waals surface area contributed by atoms with Crippen LogP contribution in [0.1, 0.15) is 35.3 Å². The summed E-state index contributed by atoms with van der Waals surface area (Å²) in [5.74, 6) is -0.350. The molecule has 0 radical (unpaired) electrons. The normalized spacial score (nSPS) is 15.1. The van der Waals surface area contributed by atoms with Crippen LogP contribution in [0.15, 0.2) is 17.1 Å². The lowest BCUT2D eigenvalue weighted by atomic mass is 10.2. The second-order valence-electron chi connectivity index (χ2n) is 4.42. The fraction of sp³-hybridized carbons (Fsp3) is 0.500. The van der Waals surface area contributed by atoms with Crippen molar-refractivity contribution >= 4 is 5.97 Å². The lowest BCUT2D eigenvalue weighted by Gasteiger charge is -2.10. The maximum atomic E-state index is 11.4. The molecule has 0 amide bonds. The molecule has 0 saturated heterocycles. The molecule has 1 N–H and O–H groups in total. The largest absolute Gasteiger partial charge is 0.477 e. The molecule has 0 unspecified atom stereocenters. The van der Waals surface area contributed by atoms with E-state index in [-0.39, 0.29) is 5.56 Å². The fourth-order valence-corrected chi connectivity index (χ4v) is 1.80. The van der Waals surface area contributed by atoms with Gasteiger partial charge in [0.25, 0.3) is 0 Å². The third kappa shape index (κ3) is 2.32. The zero-order valence-corrected chi connectivity index (χ0v) is 9.27. The summed E-state index contributed by atoms with van der Waals surface area (Å²) in [5, 5.41) is 8.86. The van der Waals surface area contributed by atoms with Gasteiger partial charge in [-0.2, -0.15) is 0 Å². The van der Waals surface area contributed by atoms with Gasteiger partial charge in [0.2, 0.25) is 0 Å². The van der Waals surface area contributed by atoms with Crippen molar-refractivity contribution in [1.82, 2.24) is 4.57 Å². The molecule has 2 rings (SSSR count). The summed E-state index contributed by atoms with van der Waals surface area (Å²) in [7, 11) is 0. The zero-order chi connectivity index (χ0) is 11.7. The van der Waals surface area contributed by atoms with Crippen molar-refractivity contribution in [3.05, 3.63) is 33.7 Å². The van der Waals surface area contributed by atoms with Crippen LogP contribution in [0.2, 0.25) is 0 Å². The molecule has 4 heteroatoms. The predicted octanol–water partition coefficient (Wildman–Crippen LogP) is 1.66. The number of hydrogen-bond donors (Lipinski definition) is 1. The molecule has 86 valence electrons. The fourth-order valence-electron chi connectivity index (χ4n) is 1.80. The summed E-state index contributed by atoms with van der Waals surface area (Å²) in [5.41, 5.74) is 0.282. The molecular formula is C12H15NO3. The van der Waals surface area contributed by atoms with Crippen LogP contribution in [0.4, 0.5) is 0 Å². The molecule has 1 aromatic heterocycles. The van der Waals surface area contributed by atoms with Gasteiger partial charge in [0.1, 0.15) is 5.56 Å². The number of aromatic carboxylic acids is 1. The minimum Gasteiger partial charge on any atom is -0.477 e. The van der Waals surface area contributed by atoms with E-state index < -0.39 is 11.4 Å². The van der Waals surface area contributed by atoms with E-state index in [4.69, 9.17) is 5.11 Å². The molecule has 0 atom stereocenters. The molecule has 16 heavy (non-hydrogen) atoms. The molecule has 4 nitrogen and oxygen atoms in total. The van der Waals surface area contributed by atoms with Gasteiger partial charge in [-0.05, 0) is 19.3 Å². The van der Waals surface area contributed by atoms with E-state index >= 15 is 0 Å². The predicted molar refractivity (Wildman–Crippen MR) is 59.7 cm³/mol. The first kappa shape index (κ1) is 10.9. The minimum absolute atomic E-state index is 0.138. The number of aryl methyl sites for hydroxylation is 2. The maximum Gasteiger partial charge on any atom is 0.341 e. The van der Waals surface area contributed by atoms with Crippen LogP contribution in [-0.2, 0) is 6.54 Å². The van der Waals surface area contributed by atoms with Crippen molar-refractivity contribution in [2.24, 2.45) is 5.92 Å². The van der Waals surface area contributed by atoms with Gasteiger partial charge in [0.15, 0.2) is 5.43 Å². The summed E-state index contributed by atoms with van der Waals surface area (Å²) in [6, 6.07) is 1.40. The van der Waals surface area contributed by atoms with Gasteiger partial charge in [0, 0.05) is 24.5 Å². The second kappa shape index (κ2) is 4.12. The number of rotatable bonds is 4. The van der Waals surface area contributed by atoms with Crippen molar-refractivity contribution in [3.8, 4) is 0 Å². The van der Waals surface area contributed by atoms with Crippen LogP contribution in [0.5, 0.6) is 0 Å². The number of hydrogen-bond acceptors (Lipinski definition) is 2. The molecule has 1 aliphatic rings. The highest BCUT2D eigenvalue weighted by Crippen LogP contribution is 2.32. The Hall–Kier alpha value is -1.58. The van der Waals surface area contributed by atoms with E-state index in [0.717, 1.165) is 24.6 Å². The Bertz CT molecular complexity index is 472. The number of carboxylic acid groups (broad SMARTS) is 1. The number of carboxylic acids is 1. The lowest BCUT2D eigenvalue weighted by Crippen LogP contribution is -2.19. The third-order valence-electron chi connectivity index (χ3n) is 3.05. The van der Waals surface area contributed by atoms with Crippen LogP contribution in [0.25, 0.3) is 0 Å². The Balaban J connectivity index is 2.24. The van der Waals surface area contributed by atoms with Crippen molar-refractivity contribution in [2.75, 3.05) is 0 Å². The van der Waals surface area contributed by atoms with E-state index in [1.165, 1.54) is 25.1 Å². The average Bonchev–Trinajstić information content (AvgIpc) is 2.99.